The molecule has 0 aliphatic carbocycles. The van der Waals surface area contributed by atoms with Gasteiger partial charge in [-0.05, 0) is 18.2 Å². The van der Waals surface area contributed by atoms with Gasteiger partial charge in [-0.15, -0.1) is 0 Å². The van der Waals surface area contributed by atoms with Gasteiger partial charge in [0.05, 0.1) is 12.4 Å². The van der Waals surface area contributed by atoms with Crippen LogP contribution >= 0.6 is 0 Å². The Labute approximate surface area is 93.4 Å². The highest BCUT2D eigenvalue weighted by atomic mass is 16.5. The van der Waals surface area contributed by atoms with Gasteiger partial charge in [-0.3, -0.25) is 4.79 Å². The van der Waals surface area contributed by atoms with E-state index in [0.717, 1.165) is 0 Å². The Balaban J connectivity index is 0.00000144. The zero-order valence-corrected chi connectivity index (χ0v) is 8.33. The van der Waals surface area contributed by atoms with E-state index in [0.29, 0.717) is 17.1 Å². The molecule has 1 amide bonds. The Bertz CT molecular complexity index is 505. The van der Waals surface area contributed by atoms with Gasteiger partial charge in [0.2, 0.25) is 5.91 Å². The van der Waals surface area contributed by atoms with Gasteiger partial charge in [0.25, 0.3) is 0 Å². The smallest absolute Gasteiger partial charge is 0.248 e. The summed E-state index contributed by atoms with van der Waals surface area (Å²) in [6.45, 7) is 0. The molecule has 0 aliphatic heterocycles. The topological polar surface area (TPSA) is 78.1 Å². The second-order valence-electron chi connectivity index (χ2n) is 3.07. The molecule has 16 heavy (non-hydrogen) atoms. The van der Waals surface area contributed by atoms with E-state index in [4.69, 9.17) is 10.5 Å². The summed E-state index contributed by atoms with van der Waals surface area (Å²) < 4.78 is 5.44. The highest BCUT2D eigenvalue weighted by molar-refractivity contribution is 5.93. The number of carbonyl (C=O) groups is 1. The van der Waals surface area contributed by atoms with Gasteiger partial charge in [0, 0.05) is 6.99 Å². The van der Waals surface area contributed by atoms with E-state index < -0.39 is 5.91 Å². The number of aromatic nitrogens is 2. The molecule has 0 spiro atoms. The first-order valence-corrected chi connectivity index (χ1v) is 4.58. The molecule has 0 saturated carbocycles. The van der Waals surface area contributed by atoms with E-state index in [1.54, 1.807) is 24.3 Å². The molecule has 1 aromatic heterocycles. The highest BCUT2D eigenvalue weighted by Gasteiger charge is 2.02. The summed E-state index contributed by atoms with van der Waals surface area (Å²) >= 11 is 0. The number of benzene rings is 1. The van der Waals surface area contributed by atoms with Crippen LogP contribution < -0.4 is 10.5 Å². The van der Waals surface area contributed by atoms with Crippen LogP contribution in [0.1, 0.15) is 11.8 Å². The van der Waals surface area contributed by atoms with Crippen molar-refractivity contribution in [3.05, 3.63) is 48.5 Å². The average molecular weight is 217 g/mol. The first kappa shape index (κ1) is 10.1. The van der Waals surface area contributed by atoms with Crippen LogP contribution in [0.25, 0.3) is 0 Å². The quantitative estimate of drug-likeness (QED) is 0.847. The van der Waals surface area contributed by atoms with Crippen molar-refractivity contribution in [1.82, 2.24) is 9.97 Å². The van der Waals surface area contributed by atoms with Crippen molar-refractivity contribution in [1.29, 1.82) is 0 Å². The number of nitrogens with zero attached hydrogens (tertiary/aromatic N) is 2. The van der Waals surface area contributed by atoms with Crippen LogP contribution in [0.5, 0.6) is 11.5 Å². The molecule has 0 radical (unpaired) electrons. The number of primary amides is 1. The fourth-order valence-electron chi connectivity index (χ4n) is 1.19. The third-order valence-electron chi connectivity index (χ3n) is 1.89. The van der Waals surface area contributed by atoms with Crippen LogP contribution in [0.15, 0.2) is 43.0 Å². The molecule has 0 unspecified atom stereocenters. The Hall–Kier alpha value is -2.43. The molecule has 5 nitrogen and oxygen atoms in total. The minimum atomic E-state index is -0.491. The minimum absolute atomic E-state index is 0. The van der Waals surface area contributed by atoms with E-state index in [9.17, 15) is 4.79 Å². The second-order valence-corrected chi connectivity index (χ2v) is 3.07. The van der Waals surface area contributed by atoms with Gasteiger partial charge in [-0.2, -0.15) is 0 Å². The Morgan fingerprint density at radius 3 is 2.69 bits per heavy atom. The third-order valence-corrected chi connectivity index (χ3v) is 1.89. The predicted molar refractivity (Wildman–Crippen MR) is 59.2 cm³/mol. The van der Waals surface area contributed by atoms with Gasteiger partial charge in [-0.1, -0.05) is 6.07 Å². The van der Waals surface area contributed by atoms with Crippen LogP contribution in [0.3, 0.4) is 0 Å². The van der Waals surface area contributed by atoms with Crippen molar-refractivity contribution in [2.45, 2.75) is 0 Å². The molecule has 2 N–H and O–H groups in total. The minimum Gasteiger partial charge on any atom is -0.454 e. The number of hydrogen-bond donors (Lipinski definition) is 1. The molecule has 1 heterocycles. The molecule has 2 rings (SSSR count). The number of nitrogens with two attached hydrogens (primary N) is 1. The largest absolute Gasteiger partial charge is 0.454 e. The normalized spacial score (nSPS) is 9.75. The fourth-order valence-corrected chi connectivity index (χ4v) is 1.19. The lowest BCUT2D eigenvalue weighted by Crippen LogP contribution is -2.10. The molecule has 2 aromatic rings. The molecule has 1 aromatic carbocycles. The zero-order valence-electron chi connectivity index (χ0n) is 8.33. The summed E-state index contributed by atoms with van der Waals surface area (Å²) in [7, 11) is 0. The lowest BCUT2D eigenvalue weighted by Gasteiger charge is -2.04. The van der Waals surface area contributed by atoms with E-state index >= 15 is 0 Å². The predicted octanol–water partition coefficient (Wildman–Crippen LogP) is 1.61. The van der Waals surface area contributed by atoms with Crippen molar-refractivity contribution >= 4 is 5.91 Å². The molecular formula is C11H11N3O2. The highest BCUT2D eigenvalue weighted by Crippen LogP contribution is 2.20. The van der Waals surface area contributed by atoms with Gasteiger partial charge < -0.3 is 10.5 Å². The van der Waals surface area contributed by atoms with Crippen molar-refractivity contribution in [3.63, 3.8) is 0 Å². The number of rotatable bonds is 3. The SMILES string of the molecule is NC(=O)c1cccc(Oc2cncnc2)c1.[HH]. The second kappa shape index (κ2) is 4.39. The summed E-state index contributed by atoms with van der Waals surface area (Å²) in [6, 6.07) is 6.60. The maximum Gasteiger partial charge on any atom is 0.248 e. The molecule has 0 fully saturated rings. The van der Waals surface area contributed by atoms with Crippen molar-refractivity contribution in [2.24, 2.45) is 5.73 Å². The van der Waals surface area contributed by atoms with E-state index in [2.05, 4.69) is 9.97 Å². The molecule has 0 bridgehead atoms. The van der Waals surface area contributed by atoms with Crippen LogP contribution in [0, 0.1) is 0 Å². The number of ether oxygens (including phenoxy) is 1. The van der Waals surface area contributed by atoms with Crippen molar-refractivity contribution < 1.29 is 11.0 Å². The first-order valence-electron chi connectivity index (χ1n) is 4.58. The Morgan fingerprint density at radius 1 is 1.25 bits per heavy atom. The zero-order chi connectivity index (χ0) is 11.4. The van der Waals surface area contributed by atoms with Gasteiger partial charge in [0.1, 0.15) is 12.1 Å². The summed E-state index contributed by atoms with van der Waals surface area (Å²) in [6.07, 6.45) is 4.47. The lowest BCUT2D eigenvalue weighted by atomic mass is 10.2. The molecule has 82 valence electrons. The average Bonchev–Trinajstić information content (AvgIpc) is 2.30. The molecule has 0 atom stereocenters. The number of hydrogen-bond acceptors (Lipinski definition) is 4. The molecule has 5 heteroatoms. The monoisotopic (exact) mass is 217 g/mol. The van der Waals surface area contributed by atoms with Crippen LogP contribution in [-0.4, -0.2) is 15.9 Å². The summed E-state index contributed by atoms with van der Waals surface area (Å²) in [4.78, 5) is 18.6. The van der Waals surface area contributed by atoms with Crippen LogP contribution in [0.4, 0.5) is 0 Å². The van der Waals surface area contributed by atoms with Gasteiger partial charge in [-0.25, -0.2) is 9.97 Å². The van der Waals surface area contributed by atoms with Gasteiger partial charge >= 0.3 is 0 Å². The van der Waals surface area contributed by atoms with Crippen molar-refractivity contribution in [3.8, 4) is 11.5 Å². The number of carbonyl (C=O) groups excluding carboxylic acids is 1. The summed E-state index contributed by atoms with van der Waals surface area (Å²) in [5, 5.41) is 0. The van der Waals surface area contributed by atoms with Crippen LogP contribution in [-0.2, 0) is 0 Å². The Kier molecular flexibility index (Phi) is 2.77. The van der Waals surface area contributed by atoms with Gasteiger partial charge in [0.15, 0.2) is 5.75 Å². The Morgan fingerprint density at radius 2 is 2.00 bits per heavy atom. The maximum absolute atomic E-state index is 10.9. The maximum atomic E-state index is 10.9. The van der Waals surface area contributed by atoms with Crippen molar-refractivity contribution in [2.75, 3.05) is 0 Å². The molecule has 0 aliphatic rings. The lowest BCUT2D eigenvalue weighted by molar-refractivity contribution is 0.1000. The third kappa shape index (κ3) is 2.33. The summed E-state index contributed by atoms with van der Waals surface area (Å²) in [5.41, 5.74) is 5.55. The number of amides is 1. The van der Waals surface area contributed by atoms with E-state index in [1.807, 2.05) is 0 Å². The summed E-state index contributed by atoms with van der Waals surface area (Å²) in [5.74, 6) is 0.532. The fraction of sp³-hybridized carbons (Fsp3) is 0. The van der Waals surface area contributed by atoms with Crippen LogP contribution in [0.2, 0.25) is 0 Å². The molecular weight excluding hydrogens is 206 g/mol. The standard InChI is InChI=1S/C11H9N3O2.H2/c12-11(15)8-2-1-3-9(4-8)16-10-5-13-7-14-6-10;/h1-7H,(H2,12,15);1H. The van der Waals surface area contributed by atoms with E-state index in [1.165, 1.54) is 18.7 Å². The molecule has 0 saturated heterocycles. The van der Waals surface area contributed by atoms with E-state index in [-0.39, 0.29) is 1.43 Å². The first-order chi connectivity index (χ1) is 7.75.